The maximum Gasteiger partial charge on any atom is 0.271 e. The number of hydrazine groups is 1. The van der Waals surface area contributed by atoms with Gasteiger partial charge in [0.2, 0.25) is 0 Å². The molecule has 1 aliphatic heterocycles. The van der Waals surface area contributed by atoms with Crippen LogP contribution in [0.2, 0.25) is 0 Å². The SMILES string of the molecule is CC1CCCC(C)N1NC(=O)c1c(F)ccc(N)c1F. The first-order chi connectivity index (χ1) is 9.41. The highest BCUT2D eigenvalue weighted by Crippen LogP contribution is 2.22. The lowest BCUT2D eigenvalue weighted by atomic mass is 10.00. The fourth-order valence-electron chi connectivity index (χ4n) is 2.59. The quantitative estimate of drug-likeness (QED) is 0.820. The van der Waals surface area contributed by atoms with E-state index in [1.54, 1.807) is 5.01 Å². The Hall–Kier alpha value is -1.69. The zero-order valence-electron chi connectivity index (χ0n) is 11.6. The number of hydrogen-bond acceptors (Lipinski definition) is 3. The third-order valence-corrected chi connectivity index (χ3v) is 3.77. The minimum absolute atomic E-state index is 0.134. The van der Waals surface area contributed by atoms with Gasteiger partial charge < -0.3 is 5.73 Å². The Morgan fingerprint density at radius 2 is 1.90 bits per heavy atom. The molecule has 0 radical (unpaired) electrons. The van der Waals surface area contributed by atoms with Gasteiger partial charge in [0.1, 0.15) is 11.4 Å². The lowest BCUT2D eigenvalue weighted by molar-refractivity contribution is 0.0364. The Bertz CT molecular complexity index is 511. The highest BCUT2D eigenvalue weighted by molar-refractivity contribution is 5.95. The summed E-state index contributed by atoms with van der Waals surface area (Å²) in [7, 11) is 0. The van der Waals surface area contributed by atoms with Crippen molar-refractivity contribution in [3.05, 3.63) is 29.3 Å². The molecule has 1 aliphatic rings. The smallest absolute Gasteiger partial charge is 0.271 e. The standard InChI is InChI=1S/C14H19F2N3O/c1-8-4-3-5-9(2)19(8)18-14(20)12-10(15)6-7-11(17)13(12)16/h6-9H,3-5,17H2,1-2H3,(H,18,20). The van der Waals surface area contributed by atoms with E-state index in [0.29, 0.717) is 0 Å². The van der Waals surface area contributed by atoms with Crippen molar-refractivity contribution in [3.8, 4) is 0 Å². The van der Waals surface area contributed by atoms with Crippen molar-refractivity contribution in [1.82, 2.24) is 10.4 Å². The number of carbonyl (C=O) groups excluding carboxylic acids is 1. The van der Waals surface area contributed by atoms with Gasteiger partial charge in [-0.2, -0.15) is 0 Å². The molecular formula is C14H19F2N3O. The molecule has 1 fully saturated rings. The maximum atomic E-state index is 13.8. The van der Waals surface area contributed by atoms with Gasteiger partial charge in [0.25, 0.3) is 5.91 Å². The summed E-state index contributed by atoms with van der Waals surface area (Å²) in [6, 6.07) is 2.37. The fraction of sp³-hybridized carbons (Fsp3) is 0.500. The molecule has 0 aliphatic carbocycles. The van der Waals surface area contributed by atoms with E-state index >= 15 is 0 Å². The van der Waals surface area contributed by atoms with Gasteiger partial charge in [0.15, 0.2) is 5.82 Å². The minimum Gasteiger partial charge on any atom is -0.396 e. The van der Waals surface area contributed by atoms with Crippen molar-refractivity contribution in [2.24, 2.45) is 0 Å². The summed E-state index contributed by atoms with van der Waals surface area (Å²) >= 11 is 0. The van der Waals surface area contributed by atoms with Crippen LogP contribution >= 0.6 is 0 Å². The van der Waals surface area contributed by atoms with E-state index in [-0.39, 0.29) is 17.8 Å². The van der Waals surface area contributed by atoms with Gasteiger partial charge in [-0.15, -0.1) is 0 Å². The van der Waals surface area contributed by atoms with E-state index < -0.39 is 23.1 Å². The number of nitrogens with two attached hydrogens (primary N) is 1. The van der Waals surface area contributed by atoms with Gasteiger partial charge in [0, 0.05) is 12.1 Å². The summed E-state index contributed by atoms with van der Waals surface area (Å²) in [6.07, 6.45) is 2.95. The van der Waals surface area contributed by atoms with E-state index in [9.17, 15) is 13.6 Å². The molecule has 2 rings (SSSR count). The predicted molar refractivity (Wildman–Crippen MR) is 72.9 cm³/mol. The zero-order chi connectivity index (χ0) is 14.9. The normalized spacial score (nSPS) is 23.6. The minimum atomic E-state index is -1.01. The van der Waals surface area contributed by atoms with Crippen molar-refractivity contribution < 1.29 is 13.6 Å². The first kappa shape index (κ1) is 14.7. The van der Waals surface area contributed by atoms with E-state index in [0.717, 1.165) is 31.4 Å². The highest BCUT2D eigenvalue weighted by atomic mass is 19.1. The molecule has 0 saturated carbocycles. The molecule has 0 spiro atoms. The number of hydrogen-bond donors (Lipinski definition) is 2. The lowest BCUT2D eigenvalue weighted by Crippen LogP contribution is -2.54. The Morgan fingerprint density at radius 1 is 1.30 bits per heavy atom. The fourth-order valence-corrected chi connectivity index (χ4v) is 2.59. The number of benzene rings is 1. The molecule has 3 N–H and O–H groups in total. The summed E-state index contributed by atoms with van der Waals surface area (Å²) in [5, 5.41) is 1.76. The van der Waals surface area contributed by atoms with Crippen LogP contribution < -0.4 is 11.2 Å². The van der Waals surface area contributed by atoms with Crippen LogP contribution in [-0.4, -0.2) is 23.0 Å². The molecule has 2 atom stereocenters. The third kappa shape index (κ3) is 2.75. The van der Waals surface area contributed by atoms with Crippen LogP contribution in [0.4, 0.5) is 14.5 Å². The number of anilines is 1. The third-order valence-electron chi connectivity index (χ3n) is 3.77. The van der Waals surface area contributed by atoms with Crippen molar-refractivity contribution in [2.75, 3.05) is 5.73 Å². The molecular weight excluding hydrogens is 264 g/mol. The van der Waals surface area contributed by atoms with Crippen molar-refractivity contribution in [3.63, 3.8) is 0 Å². The van der Waals surface area contributed by atoms with Gasteiger partial charge in [-0.25, -0.2) is 13.8 Å². The van der Waals surface area contributed by atoms with Crippen LogP contribution in [0.1, 0.15) is 43.5 Å². The van der Waals surface area contributed by atoms with Crippen LogP contribution in [0.3, 0.4) is 0 Å². The van der Waals surface area contributed by atoms with Gasteiger partial charge in [-0.05, 0) is 38.8 Å². The first-order valence-corrected chi connectivity index (χ1v) is 6.74. The molecule has 0 aromatic heterocycles. The van der Waals surface area contributed by atoms with Crippen LogP contribution in [-0.2, 0) is 0 Å². The van der Waals surface area contributed by atoms with E-state index in [1.165, 1.54) is 0 Å². The van der Waals surface area contributed by atoms with Gasteiger partial charge >= 0.3 is 0 Å². The Labute approximate surface area is 116 Å². The second-order valence-corrected chi connectivity index (χ2v) is 5.30. The van der Waals surface area contributed by atoms with E-state index in [2.05, 4.69) is 5.43 Å². The summed E-state index contributed by atoms with van der Waals surface area (Å²) in [4.78, 5) is 12.1. The number of halogens is 2. The maximum absolute atomic E-state index is 13.8. The van der Waals surface area contributed by atoms with Crippen molar-refractivity contribution in [1.29, 1.82) is 0 Å². The van der Waals surface area contributed by atoms with Crippen LogP contribution in [0.5, 0.6) is 0 Å². The molecule has 20 heavy (non-hydrogen) atoms. The molecule has 1 amide bonds. The zero-order valence-corrected chi connectivity index (χ0v) is 11.6. The second kappa shape index (κ2) is 5.75. The predicted octanol–water partition coefficient (Wildman–Crippen LogP) is 2.45. The van der Waals surface area contributed by atoms with Crippen LogP contribution in [0.25, 0.3) is 0 Å². The number of nitrogens with zero attached hydrogens (tertiary/aromatic N) is 1. The second-order valence-electron chi connectivity index (χ2n) is 5.30. The summed E-state index contributed by atoms with van der Waals surface area (Å²) < 4.78 is 27.5. The lowest BCUT2D eigenvalue weighted by Gasteiger charge is -2.38. The van der Waals surface area contributed by atoms with Crippen molar-refractivity contribution in [2.45, 2.75) is 45.2 Å². The molecule has 2 unspecified atom stereocenters. The highest BCUT2D eigenvalue weighted by Gasteiger charge is 2.28. The number of rotatable bonds is 2. The average molecular weight is 283 g/mol. The van der Waals surface area contributed by atoms with E-state index in [1.807, 2.05) is 13.8 Å². The average Bonchev–Trinajstić information content (AvgIpc) is 2.39. The molecule has 1 heterocycles. The first-order valence-electron chi connectivity index (χ1n) is 6.74. The van der Waals surface area contributed by atoms with Crippen LogP contribution in [0.15, 0.2) is 12.1 Å². The summed E-state index contributed by atoms with van der Waals surface area (Å²) in [6.45, 7) is 3.95. The molecule has 4 nitrogen and oxygen atoms in total. The summed E-state index contributed by atoms with van der Waals surface area (Å²) in [5.74, 6) is -2.72. The summed E-state index contributed by atoms with van der Waals surface area (Å²) in [5.41, 5.74) is 7.11. The van der Waals surface area contributed by atoms with Gasteiger partial charge in [0.05, 0.1) is 5.69 Å². The van der Waals surface area contributed by atoms with Gasteiger partial charge in [-0.1, -0.05) is 6.42 Å². The molecule has 0 bridgehead atoms. The Balaban J connectivity index is 2.22. The Morgan fingerprint density at radius 3 is 2.50 bits per heavy atom. The van der Waals surface area contributed by atoms with Crippen LogP contribution in [0, 0.1) is 11.6 Å². The van der Waals surface area contributed by atoms with Gasteiger partial charge in [-0.3, -0.25) is 10.2 Å². The molecule has 1 aromatic rings. The topological polar surface area (TPSA) is 58.4 Å². The number of amides is 1. The number of piperidine rings is 1. The monoisotopic (exact) mass is 283 g/mol. The molecule has 1 aromatic carbocycles. The Kier molecular flexibility index (Phi) is 4.23. The molecule has 6 heteroatoms. The van der Waals surface area contributed by atoms with E-state index in [4.69, 9.17) is 5.73 Å². The van der Waals surface area contributed by atoms with Crippen molar-refractivity contribution >= 4 is 11.6 Å². The molecule has 110 valence electrons. The molecule has 1 saturated heterocycles. The number of carbonyl (C=O) groups is 1. The number of nitrogens with one attached hydrogen (secondary N) is 1. The largest absolute Gasteiger partial charge is 0.396 e. The number of nitrogen functional groups attached to an aromatic ring is 1.